The molecular formula is C20H14N2O2S. The molecule has 122 valence electrons. The van der Waals surface area contributed by atoms with Crippen molar-refractivity contribution in [1.82, 2.24) is 5.16 Å². The molecular weight excluding hydrogens is 332 g/mol. The third kappa shape index (κ3) is 2.36. The smallest absolute Gasteiger partial charge is 0.267 e. The lowest BCUT2D eigenvalue weighted by molar-refractivity contribution is 0.102. The summed E-state index contributed by atoms with van der Waals surface area (Å²) in [6.07, 6.45) is 2.00. The summed E-state index contributed by atoms with van der Waals surface area (Å²) in [5, 5.41) is 7.67. The number of hydrogen-bond acceptors (Lipinski definition) is 4. The number of anilines is 1. The third-order valence-electron chi connectivity index (χ3n) is 4.57. The van der Waals surface area contributed by atoms with Crippen molar-refractivity contribution >= 4 is 34.0 Å². The summed E-state index contributed by atoms with van der Waals surface area (Å²) >= 11 is 1.54. The van der Waals surface area contributed by atoms with Gasteiger partial charge in [-0.1, -0.05) is 41.6 Å². The van der Waals surface area contributed by atoms with Crippen molar-refractivity contribution in [3.8, 4) is 10.4 Å². The highest BCUT2D eigenvalue weighted by atomic mass is 32.1. The number of aryl methyl sites for hydroxylation is 2. The molecule has 1 aliphatic rings. The Kier molecular flexibility index (Phi) is 3.21. The van der Waals surface area contributed by atoms with Gasteiger partial charge >= 0.3 is 0 Å². The van der Waals surface area contributed by atoms with Gasteiger partial charge in [0.25, 0.3) is 5.91 Å². The fourth-order valence-corrected chi connectivity index (χ4v) is 4.49. The Morgan fingerprint density at radius 3 is 2.80 bits per heavy atom. The highest BCUT2D eigenvalue weighted by molar-refractivity contribution is 7.17. The van der Waals surface area contributed by atoms with Gasteiger partial charge in [-0.15, -0.1) is 11.3 Å². The molecule has 0 unspecified atom stereocenters. The van der Waals surface area contributed by atoms with Crippen LogP contribution in [0.3, 0.4) is 0 Å². The summed E-state index contributed by atoms with van der Waals surface area (Å²) in [5.74, 6) is 0.323. The van der Waals surface area contributed by atoms with E-state index in [1.807, 2.05) is 30.3 Å². The summed E-state index contributed by atoms with van der Waals surface area (Å²) in [4.78, 5) is 14.6. The van der Waals surface area contributed by atoms with E-state index in [4.69, 9.17) is 4.52 Å². The second-order valence-corrected chi connectivity index (χ2v) is 7.16. The Morgan fingerprint density at radius 1 is 1.04 bits per heavy atom. The van der Waals surface area contributed by atoms with Gasteiger partial charge in [-0.3, -0.25) is 4.79 Å². The monoisotopic (exact) mass is 346 g/mol. The molecule has 2 heterocycles. The Bertz CT molecular complexity index is 1110. The first kappa shape index (κ1) is 14.4. The molecule has 0 saturated carbocycles. The number of aromatic nitrogens is 1. The Balaban J connectivity index is 1.49. The molecule has 0 fully saturated rings. The molecule has 2 aromatic carbocycles. The van der Waals surface area contributed by atoms with Crippen molar-refractivity contribution in [2.75, 3.05) is 5.32 Å². The Labute approximate surface area is 148 Å². The maximum absolute atomic E-state index is 12.7. The quantitative estimate of drug-likeness (QED) is 0.561. The van der Waals surface area contributed by atoms with Gasteiger partial charge in [0.05, 0.1) is 10.3 Å². The number of amides is 1. The molecule has 1 amide bonds. The number of fused-ring (bicyclic) bond motifs is 4. The molecule has 5 heteroatoms. The van der Waals surface area contributed by atoms with E-state index in [1.54, 1.807) is 11.3 Å². The van der Waals surface area contributed by atoms with E-state index >= 15 is 0 Å². The fraction of sp³-hybridized carbons (Fsp3) is 0.100. The van der Waals surface area contributed by atoms with Gasteiger partial charge in [-0.25, -0.2) is 0 Å². The molecule has 0 bridgehead atoms. The fourth-order valence-electron chi connectivity index (χ4n) is 3.33. The lowest BCUT2D eigenvalue weighted by atomic mass is 9.91. The molecule has 0 radical (unpaired) electrons. The van der Waals surface area contributed by atoms with Crippen LogP contribution in [0.1, 0.15) is 20.8 Å². The number of benzene rings is 2. The van der Waals surface area contributed by atoms with Crippen LogP contribution in [0.25, 0.3) is 21.4 Å². The Morgan fingerprint density at radius 2 is 1.84 bits per heavy atom. The molecule has 0 atom stereocenters. The van der Waals surface area contributed by atoms with E-state index in [-0.39, 0.29) is 5.91 Å². The largest absolute Gasteiger partial charge is 0.354 e. The van der Waals surface area contributed by atoms with Crippen molar-refractivity contribution in [2.45, 2.75) is 12.8 Å². The number of rotatable bonds is 2. The summed E-state index contributed by atoms with van der Waals surface area (Å²) in [5.41, 5.74) is 4.52. The molecule has 1 aliphatic carbocycles. The zero-order valence-electron chi connectivity index (χ0n) is 13.3. The minimum absolute atomic E-state index is 0.143. The standard InChI is InChI=1S/C20H14N2O2S/c23-20(21-19-15-7-3-4-8-16(15)24-22-19)17-11-13-10-9-12-5-1-2-6-14(12)18(13)25-17/h1-8,11H,9-10H2,(H,21,22,23). The van der Waals surface area contributed by atoms with E-state index < -0.39 is 0 Å². The number of carbonyl (C=O) groups excluding carboxylic acids is 1. The molecule has 4 nitrogen and oxygen atoms in total. The van der Waals surface area contributed by atoms with Crippen molar-refractivity contribution in [1.29, 1.82) is 0 Å². The highest BCUT2D eigenvalue weighted by Crippen LogP contribution is 2.39. The minimum Gasteiger partial charge on any atom is -0.354 e. The average Bonchev–Trinajstić information content (AvgIpc) is 3.26. The van der Waals surface area contributed by atoms with Gasteiger partial charge < -0.3 is 9.84 Å². The minimum atomic E-state index is -0.143. The van der Waals surface area contributed by atoms with Gasteiger partial charge in [-0.05, 0) is 47.7 Å². The van der Waals surface area contributed by atoms with E-state index in [2.05, 4.69) is 34.7 Å². The topological polar surface area (TPSA) is 55.1 Å². The first-order valence-electron chi connectivity index (χ1n) is 8.16. The molecule has 1 N–H and O–H groups in total. The van der Waals surface area contributed by atoms with Crippen molar-refractivity contribution in [2.24, 2.45) is 0 Å². The summed E-state index contributed by atoms with van der Waals surface area (Å²) < 4.78 is 5.25. The number of para-hydroxylation sites is 1. The van der Waals surface area contributed by atoms with E-state index in [0.29, 0.717) is 16.3 Å². The first-order chi connectivity index (χ1) is 12.3. The SMILES string of the molecule is O=C(Nc1noc2ccccc12)c1cc2c(s1)-c1ccccc1CC2. The number of nitrogens with zero attached hydrogens (tertiary/aromatic N) is 1. The summed E-state index contributed by atoms with van der Waals surface area (Å²) in [7, 11) is 0. The van der Waals surface area contributed by atoms with Gasteiger partial charge in [0, 0.05) is 4.88 Å². The van der Waals surface area contributed by atoms with Gasteiger partial charge in [0.2, 0.25) is 0 Å². The van der Waals surface area contributed by atoms with Crippen LogP contribution in [-0.2, 0) is 12.8 Å². The molecule has 0 spiro atoms. The lowest BCUT2D eigenvalue weighted by Gasteiger charge is -2.15. The maximum atomic E-state index is 12.7. The number of carbonyl (C=O) groups is 1. The van der Waals surface area contributed by atoms with Crippen LogP contribution in [0.15, 0.2) is 59.1 Å². The van der Waals surface area contributed by atoms with Crippen LogP contribution in [0.4, 0.5) is 5.82 Å². The summed E-state index contributed by atoms with van der Waals surface area (Å²) in [6.45, 7) is 0. The normalized spacial score (nSPS) is 12.6. The summed E-state index contributed by atoms with van der Waals surface area (Å²) in [6, 6.07) is 17.9. The van der Waals surface area contributed by atoms with Crippen LogP contribution in [0, 0.1) is 0 Å². The number of hydrogen-bond donors (Lipinski definition) is 1. The van der Waals surface area contributed by atoms with Gasteiger partial charge in [0.15, 0.2) is 11.4 Å². The van der Waals surface area contributed by atoms with Crippen molar-refractivity contribution < 1.29 is 9.32 Å². The zero-order chi connectivity index (χ0) is 16.8. The second-order valence-electron chi connectivity index (χ2n) is 6.10. The molecule has 0 saturated heterocycles. The van der Waals surface area contributed by atoms with Gasteiger partial charge in [-0.2, -0.15) is 0 Å². The van der Waals surface area contributed by atoms with Crippen molar-refractivity contribution in [3.63, 3.8) is 0 Å². The third-order valence-corrected chi connectivity index (χ3v) is 5.78. The van der Waals surface area contributed by atoms with Gasteiger partial charge in [0.1, 0.15) is 0 Å². The number of nitrogens with one attached hydrogen (secondary N) is 1. The average molecular weight is 346 g/mol. The van der Waals surface area contributed by atoms with E-state index in [1.165, 1.54) is 21.6 Å². The van der Waals surface area contributed by atoms with Crippen LogP contribution < -0.4 is 5.32 Å². The Hall–Kier alpha value is -2.92. The predicted molar refractivity (Wildman–Crippen MR) is 99.1 cm³/mol. The number of thiophene rings is 1. The highest BCUT2D eigenvalue weighted by Gasteiger charge is 2.22. The molecule has 4 aromatic rings. The molecule has 25 heavy (non-hydrogen) atoms. The molecule has 2 aromatic heterocycles. The van der Waals surface area contributed by atoms with Crippen LogP contribution in [0.2, 0.25) is 0 Å². The second kappa shape index (κ2) is 5.57. The van der Waals surface area contributed by atoms with E-state index in [0.717, 1.165) is 18.2 Å². The molecule has 5 rings (SSSR count). The lowest BCUT2D eigenvalue weighted by Crippen LogP contribution is -2.10. The van der Waals surface area contributed by atoms with E-state index in [9.17, 15) is 4.79 Å². The first-order valence-corrected chi connectivity index (χ1v) is 8.98. The zero-order valence-corrected chi connectivity index (χ0v) is 14.1. The van der Waals surface area contributed by atoms with Crippen LogP contribution in [-0.4, -0.2) is 11.1 Å². The van der Waals surface area contributed by atoms with Crippen LogP contribution in [0.5, 0.6) is 0 Å². The predicted octanol–water partition coefficient (Wildman–Crippen LogP) is 4.91. The molecule has 0 aliphatic heterocycles. The van der Waals surface area contributed by atoms with Crippen LogP contribution >= 0.6 is 11.3 Å². The van der Waals surface area contributed by atoms with Crippen molar-refractivity contribution in [3.05, 3.63) is 70.6 Å². The maximum Gasteiger partial charge on any atom is 0.267 e.